The molecule has 0 fully saturated rings. The van der Waals surface area contributed by atoms with Gasteiger partial charge in [-0.2, -0.15) is 0 Å². The molecule has 0 aliphatic heterocycles. The molecule has 8 heteroatoms. The zero-order chi connectivity index (χ0) is 15.6. The van der Waals surface area contributed by atoms with Gasteiger partial charge >= 0.3 is 0 Å². The molecule has 0 heterocycles. The van der Waals surface area contributed by atoms with E-state index in [0.29, 0.717) is 5.69 Å². The highest BCUT2D eigenvalue weighted by Gasteiger charge is 2.13. The molecule has 2 aromatic carbocycles. The van der Waals surface area contributed by atoms with Crippen LogP contribution in [0.15, 0.2) is 41.3 Å². The van der Waals surface area contributed by atoms with E-state index >= 15 is 0 Å². The molecule has 5 nitrogen and oxygen atoms in total. The van der Waals surface area contributed by atoms with Crippen LogP contribution >= 0.6 is 11.6 Å². The minimum Gasteiger partial charge on any atom is -0.397 e. The van der Waals surface area contributed by atoms with Crippen LogP contribution in [0.1, 0.15) is 0 Å². The number of halogens is 2. The maximum atomic E-state index is 13.7. The van der Waals surface area contributed by atoms with Crippen LogP contribution in [0.5, 0.6) is 0 Å². The third-order valence-electron chi connectivity index (χ3n) is 2.80. The first-order chi connectivity index (χ1) is 9.83. The van der Waals surface area contributed by atoms with Crippen molar-refractivity contribution in [3.05, 3.63) is 47.2 Å². The van der Waals surface area contributed by atoms with Crippen LogP contribution in [0.4, 0.5) is 21.5 Å². The van der Waals surface area contributed by atoms with E-state index in [-0.39, 0.29) is 21.3 Å². The summed E-state index contributed by atoms with van der Waals surface area (Å²) >= 11 is 5.67. The minimum atomic E-state index is -3.57. The van der Waals surface area contributed by atoms with Crippen molar-refractivity contribution >= 4 is 38.7 Å². The van der Waals surface area contributed by atoms with Crippen molar-refractivity contribution in [3.63, 3.8) is 0 Å². The number of rotatable bonds is 4. The maximum Gasteiger partial charge on any atom is 0.240 e. The Morgan fingerprint density at radius 1 is 1.14 bits per heavy atom. The molecule has 0 atom stereocenters. The molecular weight excluding hydrogens is 317 g/mol. The average Bonchev–Trinajstić information content (AvgIpc) is 2.43. The fourth-order valence-corrected chi connectivity index (χ4v) is 2.60. The molecule has 2 rings (SSSR count). The maximum absolute atomic E-state index is 13.7. The van der Waals surface area contributed by atoms with Crippen molar-refractivity contribution in [2.45, 2.75) is 4.90 Å². The molecule has 21 heavy (non-hydrogen) atoms. The highest BCUT2D eigenvalue weighted by atomic mass is 35.5. The van der Waals surface area contributed by atoms with Crippen LogP contribution in [0, 0.1) is 5.82 Å². The van der Waals surface area contributed by atoms with Gasteiger partial charge in [-0.25, -0.2) is 17.5 Å². The summed E-state index contributed by atoms with van der Waals surface area (Å²) in [6.45, 7) is 0. The quantitative estimate of drug-likeness (QED) is 0.753. The molecule has 0 aliphatic carbocycles. The average molecular weight is 330 g/mol. The van der Waals surface area contributed by atoms with E-state index < -0.39 is 15.8 Å². The van der Waals surface area contributed by atoms with Crippen LogP contribution in [-0.2, 0) is 10.0 Å². The lowest BCUT2D eigenvalue weighted by Crippen LogP contribution is -2.18. The lowest BCUT2D eigenvalue weighted by molar-refractivity contribution is 0.588. The topological polar surface area (TPSA) is 84.2 Å². The Labute approximate surface area is 127 Å². The van der Waals surface area contributed by atoms with Gasteiger partial charge in [0.25, 0.3) is 0 Å². The number of hydrogen-bond acceptors (Lipinski definition) is 4. The summed E-state index contributed by atoms with van der Waals surface area (Å²) in [4.78, 5) is 0.0321. The van der Waals surface area contributed by atoms with Gasteiger partial charge in [0.05, 0.1) is 22.0 Å². The van der Waals surface area contributed by atoms with E-state index in [1.165, 1.54) is 43.4 Å². The summed E-state index contributed by atoms with van der Waals surface area (Å²) < 4.78 is 39.2. The number of nitrogens with two attached hydrogens (primary N) is 1. The molecule has 0 aliphatic rings. The molecule has 0 radical (unpaired) electrons. The molecule has 2 aromatic rings. The Balaban J connectivity index is 2.34. The van der Waals surface area contributed by atoms with Crippen molar-refractivity contribution in [2.24, 2.45) is 0 Å². The molecule has 0 bridgehead atoms. The van der Waals surface area contributed by atoms with E-state index in [4.69, 9.17) is 17.3 Å². The molecule has 4 N–H and O–H groups in total. The predicted octanol–water partition coefficient (Wildman–Crippen LogP) is 2.71. The summed E-state index contributed by atoms with van der Waals surface area (Å²) in [5, 5.41) is 3.07. The smallest absolute Gasteiger partial charge is 0.240 e. The second kappa shape index (κ2) is 5.88. The van der Waals surface area contributed by atoms with Gasteiger partial charge in [0.2, 0.25) is 10.0 Å². The van der Waals surface area contributed by atoms with Crippen molar-refractivity contribution in [1.29, 1.82) is 0 Å². The third kappa shape index (κ3) is 3.44. The van der Waals surface area contributed by atoms with Crippen LogP contribution in [0.25, 0.3) is 0 Å². The van der Waals surface area contributed by atoms with Gasteiger partial charge in [0.15, 0.2) is 0 Å². The number of sulfonamides is 1. The zero-order valence-electron chi connectivity index (χ0n) is 11.0. The molecule has 0 saturated heterocycles. The van der Waals surface area contributed by atoms with Crippen LogP contribution < -0.4 is 15.8 Å². The lowest BCUT2D eigenvalue weighted by Gasteiger charge is -2.12. The lowest BCUT2D eigenvalue weighted by atomic mass is 10.2. The second-order valence-electron chi connectivity index (χ2n) is 4.21. The van der Waals surface area contributed by atoms with E-state index in [1.54, 1.807) is 0 Å². The number of anilines is 3. The van der Waals surface area contributed by atoms with Crippen molar-refractivity contribution < 1.29 is 12.8 Å². The fraction of sp³-hybridized carbons (Fsp3) is 0.0769. The summed E-state index contributed by atoms with van der Waals surface area (Å²) in [5.41, 5.74) is 6.56. The highest BCUT2D eigenvalue weighted by Crippen LogP contribution is 2.28. The number of benzene rings is 2. The largest absolute Gasteiger partial charge is 0.397 e. The first kappa shape index (κ1) is 15.6. The van der Waals surface area contributed by atoms with Gasteiger partial charge in [-0.1, -0.05) is 11.6 Å². The zero-order valence-corrected chi connectivity index (χ0v) is 12.6. The molecule has 0 saturated carbocycles. The monoisotopic (exact) mass is 329 g/mol. The van der Waals surface area contributed by atoms with Gasteiger partial charge < -0.3 is 11.1 Å². The molecule has 0 amide bonds. The Morgan fingerprint density at radius 2 is 1.81 bits per heavy atom. The molecule has 0 spiro atoms. The van der Waals surface area contributed by atoms with Gasteiger partial charge in [0, 0.05) is 5.02 Å². The SMILES string of the molecule is CNS(=O)(=O)c1ccc(Nc2ccc(Cl)cc2F)c(N)c1. The normalized spacial score (nSPS) is 11.4. The van der Waals surface area contributed by atoms with Crippen molar-refractivity contribution in [2.75, 3.05) is 18.1 Å². The summed E-state index contributed by atoms with van der Waals surface area (Å²) in [6, 6.07) is 8.30. The minimum absolute atomic E-state index is 0.0321. The molecule has 0 aromatic heterocycles. The Hall–Kier alpha value is -1.83. The Kier molecular flexibility index (Phi) is 4.36. The van der Waals surface area contributed by atoms with Crippen LogP contribution in [0.2, 0.25) is 5.02 Å². The van der Waals surface area contributed by atoms with Crippen molar-refractivity contribution in [3.8, 4) is 0 Å². The number of hydrogen-bond donors (Lipinski definition) is 3. The fourth-order valence-electron chi connectivity index (χ4n) is 1.68. The van der Waals surface area contributed by atoms with Gasteiger partial charge in [0.1, 0.15) is 5.82 Å². The summed E-state index contributed by atoms with van der Waals surface area (Å²) in [5.74, 6) is -0.533. The van der Waals surface area contributed by atoms with E-state index in [2.05, 4.69) is 10.0 Å². The second-order valence-corrected chi connectivity index (χ2v) is 6.53. The Morgan fingerprint density at radius 3 is 2.38 bits per heavy atom. The first-order valence-electron chi connectivity index (χ1n) is 5.88. The van der Waals surface area contributed by atoms with E-state index in [1.807, 2.05) is 0 Å². The van der Waals surface area contributed by atoms with Crippen LogP contribution in [-0.4, -0.2) is 15.5 Å². The standard InChI is InChI=1S/C13H13ClFN3O2S/c1-17-21(19,20)9-3-5-13(11(16)7-9)18-12-4-2-8(14)6-10(12)15/h2-7,17-18H,16H2,1H3. The van der Waals surface area contributed by atoms with Gasteiger partial charge in [-0.3, -0.25) is 0 Å². The van der Waals surface area contributed by atoms with Crippen LogP contribution in [0.3, 0.4) is 0 Å². The molecule has 112 valence electrons. The summed E-state index contributed by atoms with van der Waals surface area (Å²) in [7, 11) is -2.27. The Bertz CT molecular complexity index is 781. The van der Waals surface area contributed by atoms with Gasteiger partial charge in [-0.15, -0.1) is 0 Å². The first-order valence-corrected chi connectivity index (χ1v) is 7.75. The number of nitrogens with one attached hydrogen (secondary N) is 2. The van der Waals surface area contributed by atoms with E-state index in [9.17, 15) is 12.8 Å². The predicted molar refractivity (Wildman–Crippen MR) is 81.8 cm³/mol. The van der Waals surface area contributed by atoms with E-state index in [0.717, 1.165) is 0 Å². The third-order valence-corrected chi connectivity index (χ3v) is 4.45. The number of nitrogen functional groups attached to an aromatic ring is 1. The molecule has 0 unspecified atom stereocenters. The van der Waals surface area contributed by atoms with Gasteiger partial charge in [-0.05, 0) is 43.4 Å². The summed E-state index contributed by atoms with van der Waals surface area (Å²) in [6.07, 6.45) is 0. The molecular formula is C13H13ClFN3O2S. The van der Waals surface area contributed by atoms with Crippen molar-refractivity contribution in [1.82, 2.24) is 4.72 Å². The highest BCUT2D eigenvalue weighted by molar-refractivity contribution is 7.89.